The first-order chi connectivity index (χ1) is 10.5. The number of carboxylic acids is 1. The highest BCUT2D eigenvalue weighted by Gasteiger charge is 2.13. The summed E-state index contributed by atoms with van der Waals surface area (Å²) in [5, 5.41) is 9.51. The molecule has 0 fully saturated rings. The largest absolute Gasteiger partial charge is 0.493 e. The molecule has 0 saturated heterocycles. The van der Waals surface area contributed by atoms with Gasteiger partial charge in [0.1, 0.15) is 0 Å². The average molecular weight is 298 g/mol. The number of benzene rings is 2. The topological polar surface area (TPSA) is 55.8 Å². The van der Waals surface area contributed by atoms with E-state index in [1.165, 1.54) is 14.2 Å². The maximum atomic E-state index is 11.6. The number of carbonyl (C=O) groups is 1. The molecule has 0 bridgehead atoms. The van der Waals surface area contributed by atoms with E-state index in [4.69, 9.17) is 9.47 Å². The number of aryl methyl sites for hydroxylation is 1. The number of aliphatic carboxylic acids is 1. The first-order valence-corrected chi connectivity index (χ1v) is 6.79. The predicted octanol–water partition coefficient (Wildman–Crippen LogP) is 3.64. The van der Waals surface area contributed by atoms with Gasteiger partial charge in [-0.1, -0.05) is 35.9 Å². The van der Waals surface area contributed by atoms with Crippen molar-refractivity contribution in [1.29, 1.82) is 0 Å². The van der Waals surface area contributed by atoms with Crippen LogP contribution in [0.4, 0.5) is 0 Å². The van der Waals surface area contributed by atoms with E-state index < -0.39 is 5.97 Å². The van der Waals surface area contributed by atoms with E-state index in [2.05, 4.69) is 0 Å². The molecule has 0 spiro atoms. The standard InChI is InChI=1S/C18H18O4/c1-12-5-4-6-13(9-12)10-15(18(19)20)14-7-8-16(21-2)17(11-14)22-3/h4-11H,1-3H3,(H,19,20)/b15-10-. The molecule has 0 saturated carbocycles. The second kappa shape index (κ2) is 6.80. The van der Waals surface area contributed by atoms with Gasteiger partial charge in [-0.15, -0.1) is 0 Å². The van der Waals surface area contributed by atoms with Crippen LogP contribution < -0.4 is 9.47 Å². The number of hydrogen-bond acceptors (Lipinski definition) is 3. The molecule has 2 aromatic rings. The molecule has 0 aromatic heterocycles. The summed E-state index contributed by atoms with van der Waals surface area (Å²) >= 11 is 0. The zero-order valence-corrected chi connectivity index (χ0v) is 12.8. The van der Waals surface area contributed by atoms with Gasteiger partial charge >= 0.3 is 5.97 Å². The molecule has 114 valence electrons. The van der Waals surface area contributed by atoms with E-state index in [1.54, 1.807) is 24.3 Å². The highest BCUT2D eigenvalue weighted by molar-refractivity contribution is 6.20. The van der Waals surface area contributed by atoms with Crippen LogP contribution in [0.15, 0.2) is 42.5 Å². The van der Waals surface area contributed by atoms with Crippen molar-refractivity contribution in [3.63, 3.8) is 0 Å². The van der Waals surface area contributed by atoms with Gasteiger partial charge in [0.15, 0.2) is 11.5 Å². The lowest BCUT2D eigenvalue weighted by atomic mass is 10.0. The molecule has 4 heteroatoms. The van der Waals surface area contributed by atoms with Crippen LogP contribution in [0.3, 0.4) is 0 Å². The summed E-state index contributed by atoms with van der Waals surface area (Å²) in [5.74, 6) is 0.0664. The Morgan fingerprint density at radius 2 is 1.77 bits per heavy atom. The Hall–Kier alpha value is -2.75. The van der Waals surface area contributed by atoms with Gasteiger partial charge in [0.25, 0.3) is 0 Å². The molecule has 22 heavy (non-hydrogen) atoms. The second-order valence-electron chi connectivity index (χ2n) is 4.85. The first kappa shape index (κ1) is 15.6. The molecule has 2 rings (SSSR count). The van der Waals surface area contributed by atoms with E-state index in [9.17, 15) is 9.90 Å². The number of ether oxygens (including phenoxy) is 2. The van der Waals surface area contributed by atoms with Crippen LogP contribution >= 0.6 is 0 Å². The van der Waals surface area contributed by atoms with Crippen molar-refractivity contribution in [2.24, 2.45) is 0 Å². The van der Waals surface area contributed by atoms with Crippen LogP contribution in [0.1, 0.15) is 16.7 Å². The van der Waals surface area contributed by atoms with Crippen LogP contribution in [-0.2, 0) is 4.79 Å². The van der Waals surface area contributed by atoms with Crippen molar-refractivity contribution in [3.8, 4) is 11.5 Å². The van der Waals surface area contributed by atoms with Crippen LogP contribution in [-0.4, -0.2) is 25.3 Å². The number of methoxy groups -OCH3 is 2. The minimum absolute atomic E-state index is 0.201. The summed E-state index contributed by atoms with van der Waals surface area (Å²) in [6.45, 7) is 1.97. The lowest BCUT2D eigenvalue weighted by molar-refractivity contribution is -0.130. The Morgan fingerprint density at radius 1 is 1.05 bits per heavy atom. The molecule has 0 aliphatic heterocycles. The van der Waals surface area contributed by atoms with Crippen molar-refractivity contribution in [1.82, 2.24) is 0 Å². The van der Waals surface area contributed by atoms with Gasteiger partial charge in [-0.25, -0.2) is 4.79 Å². The number of rotatable bonds is 5. The molecule has 1 N–H and O–H groups in total. The molecule has 0 atom stereocenters. The fraction of sp³-hybridized carbons (Fsp3) is 0.167. The van der Waals surface area contributed by atoms with Gasteiger partial charge in [-0.2, -0.15) is 0 Å². The van der Waals surface area contributed by atoms with Gasteiger partial charge < -0.3 is 14.6 Å². The third-order valence-electron chi connectivity index (χ3n) is 3.28. The second-order valence-corrected chi connectivity index (χ2v) is 4.85. The molecule has 0 amide bonds. The minimum Gasteiger partial charge on any atom is -0.493 e. The quantitative estimate of drug-likeness (QED) is 0.676. The number of hydrogen-bond donors (Lipinski definition) is 1. The van der Waals surface area contributed by atoms with Gasteiger partial charge in [-0.3, -0.25) is 0 Å². The summed E-state index contributed by atoms with van der Waals surface area (Å²) < 4.78 is 10.4. The molecular weight excluding hydrogens is 280 g/mol. The normalized spacial score (nSPS) is 11.1. The van der Waals surface area contributed by atoms with Crippen LogP contribution in [0, 0.1) is 6.92 Å². The molecule has 0 unspecified atom stereocenters. The Bertz CT molecular complexity index is 717. The maximum absolute atomic E-state index is 11.6. The molecule has 0 radical (unpaired) electrons. The van der Waals surface area contributed by atoms with Gasteiger partial charge in [-0.05, 0) is 36.3 Å². The minimum atomic E-state index is -0.992. The van der Waals surface area contributed by atoms with Crippen LogP contribution in [0.2, 0.25) is 0 Å². The van der Waals surface area contributed by atoms with E-state index in [-0.39, 0.29) is 5.57 Å². The summed E-state index contributed by atoms with van der Waals surface area (Å²) in [6.07, 6.45) is 1.65. The lowest BCUT2D eigenvalue weighted by Crippen LogP contribution is -2.01. The molecule has 0 aliphatic rings. The zero-order valence-electron chi connectivity index (χ0n) is 12.8. The Morgan fingerprint density at radius 3 is 2.36 bits per heavy atom. The van der Waals surface area contributed by atoms with Crippen LogP contribution in [0.25, 0.3) is 11.6 Å². The summed E-state index contributed by atoms with van der Waals surface area (Å²) in [7, 11) is 3.06. The highest BCUT2D eigenvalue weighted by Crippen LogP contribution is 2.31. The van der Waals surface area contributed by atoms with Crippen molar-refractivity contribution < 1.29 is 19.4 Å². The Kier molecular flexibility index (Phi) is 4.84. The van der Waals surface area contributed by atoms with Crippen molar-refractivity contribution >= 4 is 17.6 Å². The summed E-state index contributed by atoms with van der Waals surface area (Å²) in [6, 6.07) is 12.7. The fourth-order valence-corrected chi connectivity index (χ4v) is 2.20. The third-order valence-corrected chi connectivity index (χ3v) is 3.28. The molecular formula is C18H18O4. The monoisotopic (exact) mass is 298 g/mol. The van der Waals surface area contributed by atoms with E-state index in [0.29, 0.717) is 17.1 Å². The van der Waals surface area contributed by atoms with E-state index in [1.807, 2.05) is 31.2 Å². The summed E-state index contributed by atoms with van der Waals surface area (Å²) in [4.78, 5) is 11.6. The van der Waals surface area contributed by atoms with Crippen molar-refractivity contribution in [3.05, 3.63) is 59.2 Å². The number of carboxylic acid groups (broad SMARTS) is 1. The third kappa shape index (κ3) is 3.47. The molecule has 0 aliphatic carbocycles. The van der Waals surface area contributed by atoms with Gasteiger partial charge in [0, 0.05) is 0 Å². The lowest BCUT2D eigenvalue weighted by Gasteiger charge is -2.10. The predicted molar refractivity (Wildman–Crippen MR) is 86.2 cm³/mol. The highest BCUT2D eigenvalue weighted by atomic mass is 16.5. The van der Waals surface area contributed by atoms with Crippen molar-refractivity contribution in [2.45, 2.75) is 6.92 Å². The average Bonchev–Trinajstić information content (AvgIpc) is 2.51. The van der Waals surface area contributed by atoms with E-state index >= 15 is 0 Å². The summed E-state index contributed by atoms with van der Waals surface area (Å²) in [5.41, 5.74) is 2.68. The van der Waals surface area contributed by atoms with Gasteiger partial charge in [0.2, 0.25) is 0 Å². The van der Waals surface area contributed by atoms with Gasteiger partial charge in [0.05, 0.1) is 19.8 Å². The first-order valence-electron chi connectivity index (χ1n) is 6.79. The SMILES string of the molecule is COc1ccc(/C(=C/c2cccc(C)c2)C(=O)O)cc1OC. The molecule has 4 nitrogen and oxygen atoms in total. The molecule has 2 aromatic carbocycles. The fourth-order valence-electron chi connectivity index (χ4n) is 2.20. The van der Waals surface area contributed by atoms with Crippen LogP contribution in [0.5, 0.6) is 11.5 Å². The molecule has 0 heterocycles. The Labute approximate surface area is 129 Å². The Balaban J connectivity index is 2.51. The zero-order chi connectivity index (χ0) is 16.1. The van der Waals surface area contributed by atoms with Crippen molar-refractivity contribution in [2.75, 3.05) is 14.2 Å². The van der Waals surface area contributed by atoms with E-state index in [0.717, 1.165) is 11.1 Å². The smallest absolute Gasteiger partial charge is 0.336 e. The maximum Gasteiger partial charge on any atom is 0.336 e.